The Morgan fingerprint density at radius 3 is 2.77 bits per heavy atom. The second-order valence-electron chi connectivity index (χ2n) is 2.66. The van der Waals surface area contributed by atoms with E-state index in [9.17, 15) is 4.39 Å². The molecular weight excluding hydrogens is 235 g/mol. The Balaban J connectivity index is 2.87. The van der Waals surface area contributed by atoms with Crippen molar-refractivity contribution >= 4 is 32.7 Å². The summed E-state index contributed by atoms with van der Waals surface area (Å²) >= 11 is 3.10. The molecule has 0 saturated heterocycles. The Labute approximate surface area is 82.7 Å². The van der Waals surface area contributed by atoms with Crippen molar-refractivity contribution in [3.05, 3.63) is 34.6 Å². The zero-order valence-electron chi connectivity index (χ0n) is 6.59. The molecule has 0 amide bonds. The Bertz CT molecular complexity index is 470. The molecule has 0 saturated carbocycles. The number of nitrogen functional groups attached to an aromatic ring is 1. The maximum absolute atomic E-state index is 13.4. The highest BCUT2D eigenvalue weighted by Crippen LogP contribution is 2.24. The van der Waals surface area contributed by atoms with Gasteiger partial charge in [0.15, 0.2) is 0 Å². The predicted octanol–water partition coefficient (Wildman–Crippen LogP) is 2.72. The summed E-state index contributed by atoms with van der Waals surface area (Å²) in [6.45, 7) is 0. The van der Waals surface area contributed by atoms with Crippen LogP contribution in [-0.4, -0.2) is 4.98 Å². The normalized spacial score (nSPS) is 10.6. The zero-order valence-corrected chi connectivity index (χ0v) is 8.18. The quantitative estimate of drug-likeness (QED) is 0.770. The van der Waals surface area contributed by atoms with Crippen molar-refractivity contribution in [2.24, 2.45) is 0 Å². The van der Waals surface area contributed by atoms with E-state index in [4.69, 9.17) is 5.73 Å². The third-order valence-corrected chi connectivity index (χ3v) is 2.39. The maximum atomic E-state index is 13.4. The van der Waals surface area contributed by atoms with Crippen molar-refractivity contribution in [3.63, 3.8) is 0 Å². The molecule has 0 spiro atoms. The Hall–Kier alpha value is -1.16. The Morgan fingerprint density at radius 1 is 1.23 bits per heavy atom. The summed E-state index contributed by atoms with van der Waals surface area (Å²) in [6.07, 6.45) is 0. The summed E-state index contributed by atoms with van der Waals surface area (Å²) in [6, 6.07) is 6.54. The molecule has 0 atom stereocenters. The van der Waals surface area contributed by atoms with Gasteiger partial charge < -0.3 is 5.73 Å². The van der Waals surface area contributed by atoms with Crippen LogP contribution in [0.5, 0.6) is 0 Å². The molecule has 0 aliphatic rings. The van der Waals surface area contributed by atoms with Gasteiger partial charge in [-0.05, 0) is 40.2 Å². The Kier molecular flexibility index (Phi) is 1.92. The third-order valence-electron chi connectivity index (χ3n) is 1.78. The highest BCUT2D eigenvalue weighted by molar-refractivity contribution is 9.10. The molecule has 2 N–H and O–H groups in total. The van der Waals surface area contributed by atoms with Crippen molar-refractivity contribution in [3.8, 4) is 0 Å². The number of aromatic nitrogens is 1. The molecule has 0 radical (unpaired) electrons. The van der Waals surface area contributed by atoms with Crippen LogP contribution in [0.15, 0.2) is 28.7 Å². The van der Waals surface area contributed by atoms with Crippen LogP contribution in [0.1, 0.15) is 0 Å². The smallest absolute Gasteiger partial charge is 0.146 e. The van der Waals surface area contributed by atoms with Gasteiger partial charge in [0.05, 0.1) is 9.99 Å². The molecule has 0 aliphatic heterocycles. The lowest BCUT2D eigenvalue weighted by Gasteiger charge is -2.01. The molecular formula is C9H6BrFN2. The summed E-state index contributed by atoms with van der Waals surface area (Å²) in [5, 5.41) is 0.476. The molecule has 1 aromatic heterocycles. The number of anilines is 1. The Morgan fingerprint density at radius 2 is 2.00 bits per heavy atom. The molecule has 2 nitrogen and oxygen atoms in total. The van der Waals surface area contributed by atoms with Gasteiger partial charge in [0.2, 0.25) is 0 Å². The minimum Gasteiger partial charge on any atom is -0.384 e. The first-order valence-electron chi connectivity index (χ1n) is 3.69. The number of benzene rings is 1. The standard InChI is InChI=1S/C9H6BrFN2/c10-6-2-3-7-5(9(6)11)1-4-8(12)13-7/h1-4H,(H2,12,13). The summed E-state index contributed by atoms with van der Waals surface area (Å²) in [4.78, 5) is 3.99. The van der Waals surface area contributed by atoms with E-state index in [0.29, 0.717) is 21.2 Å². The second-order valence-corrected chi connectivity index (χ2v) is 3.52. The first-order valence-corrected chi connectivity index (χ1v) is 4.48. The first kappa shape index (κ1) is 8.44. The van der Waals surface area contributed by atoms with Crippen molar-refractivity contribution < 1.29 is 4.39 Å². The van der Waals surface area contributed by atoms with Gasteiger partial charge in [0.1, 0.15) is 11.6 Å². The van der Waals surface area contributed by atoms with Gasteiger partial charge in [0, 0.05) is 5.39 Å². The molecule has 0 fully saturated rings. The van der Waals surface area contributed by atoms with E-state index < -0.39 is 0 Å². The summed E-state index contributed by atoms with van der Waals surface area (Å²) < 4.78 is 13.8. The number of hydrogen-bond acceptors (Lipinski definition) is 2. The zero-order chi connectivity index (χ0) is 9.42. The lowest BCUT2D eigenvalue weighted by Crippen LogP contribution is -1.91. The average molecular weight is 241 g/mol. The van der Waals surface area contributed by atoms with Crippen LogP contribution in [0.2, 0.25) is 0 Å². The van der Waals surface area contributed by atoms with Crippen LogP contribution < -0.4 is 5.73 Å². The topological polar surface area (TPSA) is 38.9 Å². The fraction of sp³-hybridized carbons (Fsp3) is 0. The second kappa shape index (κ2) is 2.96. The van der Waals surface area contributed by atoms with Gasteiger partial charge in [-0.1, -0.05) is 0 Å². The molecule has 1 aromatic carbocycles. The monoisotopic (exact) mass is 240 g/mol. The molecule has 2 rings (SSSR count). The fourth-order valence-corrected chi connectivity index (χ4v) is 1.50. The van der Waals surface area contributed by atoms with Crippen LogP contribution in [0.3, 0.4) is 0 Å². The summed E-state index contributed by atoms with van der Waals surface area (Å²) in [5.74, 6) is 0.0965. The number of hydrogen-bond donors (Lipinski definition) is 1. The van der Waals surface area contributed by atoms with Crippen LogP contribution in [0.25, 0.3) is 10.9 Å². The van der Waals surface area contributed by atoms with E-state index in [1.165, 1.54) is 0 Å². The van der Waals surface area contributed by atoms with Crippen LogP contribution in [0.4, 0.5) is 10.2 Å². The van der Waals surface area contributed by atoms with Gasteiger partial charge in [-0.15, -0.1) is 0 Å². The van der Waals surface area contributed by atoms with Gasteiger partial charge >= 0.3 is 0 Å². The number of halogens is 2. The number of pyridine rings is 1. The lowest BCUT2D eigenvalue weighted by atomic mass is 10.2. The summed E-state index contributed by atoms with van der Waals surface area (Å²) in [5.41, 5.74) is 6.04. The van der Waals surface area contributed by atoms with Gasteiger partial charge in [-0.3, -0.25) is 0 Å². The highest BCUT2D eigenvalue weighted by atomic mass is 79.9. The fourth-order valence-electron chi connectivity index (χ4n) is 1.16. The number of nitrogens with zero attached hydrogens (tertiary/aromatic N) is 1. The van der Waals surface area contributed by atoms with E-state index in [-0.39, 0.29) is 5.82 Å². The van der Waals surface area contributed by atoms with Crippen LogP contribution in [-0.2, 0) is 0 Å². The predicted molar refractivity (Wildman–Crippen MR) is 53.8 cm³/mol. The highest BCUT2D eigenvalue weighted by Gasteiger charge is 2.05. The first-order chi connectivity index (χ1) is 6.18. The van der Waals surface area contributed by atoms with E-state index >= 15 is 0 Å². The molecule has 13 heavy (non-hydrogen) atoms. The molecule has 0 unspecified atom stereocenters. The van der Waals surface area contributed by atoms with E-state index in [2.05, 4.69) is 20.9 Å². The van der Waals surface area contributed by atoms with Crippen LogP contribution >= 0.6 is 15.9 Å². The molecule has 0 aliphatic carbocycles. The molecule has 66 valence electrons. The van der Waals surface area contributed by atoms with Gasteiger partial charge in [-0.25, -0.2) is 9.37 Å². The number of nitrogens with two attached hydrogens (primary N) is 1. The van der Waals surface area contributed by atoms with E-state index in [1.54, 1.807) is 24.3 Å². The van der Waals surface area contributed by atoms with Gasteiger partial charge in [0.25, 0.3) is 0 Å². The van der Waals surface area contributed by atoms with Crippen molar-refractivity contribution in [2.45, 2.75) is 0 Å². The minimum absolute atomic E-state index is 0.301. The number of fused-ring (bicyclic) bond motifs is 1. The van der Waals surface area contributed by atoms with E-state index in [1.807, 2.05) is 0 Å². The third kappa shape index (κ3) is 1.37. The molecule has 2 aromatic rings. The minimum atomic E-state index is -0.301. The SMILES string of the molecule is Nc1ccc2c(F)c(Br)ccc2n1. The van der Waals surface area contributed by atoms with Crippen molar-refractivity contribution in [1.82, 2.24) is 4.98 Å². The van der Waals surface area contributed by atoms with Crippen molar-refractivity contribution in [1.29, 1.82) is 0 Å². The largest absolute Gasteiger partial charge is 0.384 e. The molecule has 0 bridgehead atoms. The lowest BCUT2D eigenvalue weighted by molar-refractivity contribution is 0.633. The van der Waals surface area contributed by atoms with Crippen LogP contribution in [0, 0.1) is 5.82 Å². The van der Waals surface area contributed by atoms with E-state index in [0.717, 1.165) is 0 Å². The molecule has 1 heterocycles. The average Bonchev–Trinajstić information content (AvgIpc) is 2.12. The van der Waals surface area contributed by atoms with Crippen molar-refractivity contribution in [2.75, 3.05) is 5.73 Å². The molecule has 4 heteroatoms. The number of rotatable bonds is 0. The van der Waals surface area contributed by atoms with Gasteiger partial charge in [-0.2, -0.15) is 0 Å². The maximum Gasteiger partial charge on any atom is 0.146 e. The summed E-state index contributed by atoms with van der Waals surface area (Å²) in [7, 11) is 0.